The van der Waals surface area contributed by atoms with E-state index in [9.17, 15) is 18.0 Å². The quantitative estimate of drug-likeness (QED) is 0.443. The Kier molecular flexibility index (Phi) is 4.86. The van der Waals surface area contributed by atoms with E-state index in [1.54, 1.807) is 28.7 Å². The lowest BCUT2D eigenvalue weighted by atomic mass is 10.1. The summed E-state index contributed by atoms with van der Waals surface area (Å²) in [4.78, 5) is 11.2. The minimum absolute atomic E-state index is 0.144. The van der Waals surface area contributed by atoms with Crippen molar-refractivity contribution in [1.82, 2.24) is 0 Å². The van der Waals surface area contributed by atoms with Crippen molar-refractivity contribution in [3.05, 3.63) is 26.8 Å². The molecule has 0 N–H and O–H groups in total. The molecule has 0 radical (unpaired) electrons. The van der Waals surface area contributed by atoms with E-state index < -0.39 is 23.2 Å². The average Bonchev–Trinajstić information content (AvgIpc) is 2.29. The predicted molar refractivity (Wildman–Crippen MR) is 67.1 cm³/mol. The van der Waals surface area contributed by atoms with Crippen molar-refractivity contribution in [2.45, 2.75) is 10.4 Å². The van der Waals surface area contributed by atoms with Crippen LogP contribution in [0, 0.1) is 14.9 Å². The van der Waals surface area contributed by atoms with Crippen molar-refractivity contribution in [2.75, 3.05) is 7.11 Å². The topological polar surface area (TPSA) is 50.1 Å². The molecule has 0 atom stereocenters. The van der Waals surface area contributed by atoms with Gasteiger partial charge in [-0.15, -0.1) is 0 Å². The van der Waals surface area contributed by atoms with Crippen LogP contribution < -0.4 is 0 Å². The summed E-state index contributed by atoms with van der Waals surface area (Å²) in [5, 5.41) is 8.83. The van der Waals surface area contributed by atoms with Gasteiger partial charge in [0.1, 0.15) is 6.07 Å². The molecule has 1 aromatic rings. The van der Waals surface area contributed by atoms with Crippen LogP contribution in [-0.4, -0.2) is 18.6 Å². The second-order valence-electron chi connectivity index (χ2n) is 2.95. The molecule has 0 aliphatic carbocycles. The van der Waals surface area contributed by atoms with Gasteiger partial charge in [0.2, 0.25) is 0 Å². The minimum Gasteiger partial charge on any atom is -0.465 e. The highest BCUT2D eigenvalue weighted by molar-refractivity contribution is 14.1. The zero-order valence-corrected chi connectivity index (χ0v) is 11.8. The summed E-state index contributed by atoms with van der Waals surface area (Å²) in [5.74, 6) is -0.961. The number of benzene rings is 1. The molecule has 3 nitrogen and oxygen atoms in total. The predicted octanol–water partition coefficient (Wildman–Crippen LogP) is 3.56. The first-order valence-electron chi connectivity index (χ1n) is 4.36. The molecule has 0 saturated heterocycles. The molecule has 1 aromatic carbocycles. The van der Waals surface area contributed by atoms with E-state index in [0.717, 1.165) is 7.11 Å². The van der Waals surface area contributed by atoms with Crippen LogP contribution >= 0.6 is 34.4 Å². The first kappa shape index (κ1) is 15.1. The third-order valence-electron chi connectivity index (χ3n) is 1.84. The summed E-state index contributed by atoms with van der Waals surface area (Å²) in [5.41, 5.74) is -5.04. The normalized spacial score (nSPS) is 10.9. The highest BCUT2D eigenvalue weighted by atomic mass is 127. The summed E-state index contributed by atoms with van der Waals surface area (Å²) in [7, 11) is 1.05. The fourth-order valence-electron chi connectivity index (χ4n) is 1.17. The van der Waals surface area contributed by atoms with Gasteiger partial charge in [-0.1, -0.05) is 0 Å². The number of halogens is 4. The highest BCUT2D eigenvalue weighted by Crippen LogP contribution is 2.41. The van der Waals surface area contributed by atoms with Crippen molar-refractivity contribution in [2.24, 2.45) is 0 Å². The highest BCUT2D eigenvalue weighted by Gasteiger charge is 2.34. The minimum atomic E-state index is -4.54. The molecular formula is C10H5F3INO2S. The summed E-state index contributed by atoms with van der Waals surface area (Å²) < 4.78 is 41.9. The molecule has 0 bridgehead atoms. The van der Waals surface area contributed by atoms with Crippen molar-refractivity contribution in [3.63, 3.8) is 0 Å². The third-order valence-corrected chi connectivity index (χ3v) is 3.96. The number of hydrogen-bond acceptors (Lipinski definition) is 4. The van der Waals surface area contributed by atoms with Crippen molar-refractivity contribution in [1.29, 1.82) is 5.26 Å². The summed E-state index contributed by atoms with van der Waals surface area (Å²) in [6.07, 6.45) is 0. The number of nitriles is 1. The molecule has 0 fully saturated rings. The zero-order valence-electron chi connectivity index (χ0n) is 8.84. The van der Waals surface area contributed by atoms with E-state index >= 15 is 0 Å². The second kappa shape index (κ2) is 5.79. The Labute approximate surface area is 118 Å². The van der Waals surface area contributed by atoms with Crippen LogP contribution in [0.25, 0.3) is 0 Å². The van der Waals surface area contributed by atoms with Crippen LogP contribution in [0.1, 0.15) is 15.9 Å². The molecule has 18 heavy (non-hydrogen) atoms. The maximum Gasteiger partial charge on any atom is 0.446 e. The monoisotopic (exact) mass is 387 g/mol. The maximum atomic E-state index is 12.4. The standard InChI is InChI=1S/C10H5F3INO2S/c1-17-9(16)7-5(4-15)2-3-6(14)8(7)18-10(11,12)13/h2-3H,1H3. The second-order valence-corrected chi connectivity index (χ2v) is 5.19. The lowest BCUT2D eigenvalue weighted by Crippen LogP contribution is -2.10. The number of carbonyl (C=O) groups is 1. The van der Waals surface area contributed by atoms with Crippen LogP contribution in [-0.2, 0) is 4.74 Å². The van der Waals surface area contributed by atoms with E-state index in [4.69, 9.17) is 5.26 Å². The van der Waals surface area contributed by atoms with Gasteiger partial charge in [-0.25, -0.2) is 4.79 Å². The van der Waals surface area contributed by atoms with Gasteiger partial charge in [-0.05, 0) is 46.5 Å². The van der Waals surface area contributed by atoms with Crippen molar-refractivity contribution in [3.8, 4) is 6.07 Å². The molecule has 1 rings (SSSR count). The van der Waals surface area contributed by atoms with E-state index in [1.807, 2.05) is 0 Å². The molecule has 0 heterocycles. The number of ether oxygens (including phenoxy) is 1. The van der Waals surface area contributed by atoms with Crippen LogP contribution in [0.2, 0.25) is 0 Å². The maximum absolute atomic E-state index is 12.4. The summed E-state index contributed by atoms with van der Waals surface area (Å²) >= 11 is 1.24. The summed E-state index contributed by atoms with van der Waals surface area (Å²) in [6.45, 7) is 0. The van der Waals surface area contributed by atoms with Gasteiger partial charge in [0.25, 0.3) is 0 Å². The Morgan fingerprint density at radius 3 is 2.56 bits per heavy atom. The van der Waals surface area contributed by atoms with E-state index in [1.165, 1.54) is 12.1 Å². The van der Waals surface area contributed by atoms with Gasteiger partial charge in [0.05, 0.1) is 18.2 Å². The Balaban J connectivity index is 3.47. The molecular weight excluding hydrogens is 382 g/mol. The van der Waals surface area contributed by atoms with Gasteiger partial charge in [0, 0.05) is 8.47 Å². The fraction of sp³-hybridized carbons (Fsp3) is 0.200. The van der Waals surface area contributed by atoms with Gasteiger partial charge < -0.3 is 4.74 Å². The molecule has 0 amide bonds. The molecule has 0 aliphatic rings. The van der Waals surface area contributed by atoms with Crippen molar-refractivity contribution < 1.29 is 22.7 Å². The number of esters is 1. The van der Waals surface area contributed by atoms with Crippen LogP contribution in [0.3, 0.4) is 0 Å². The Bertz CT molecular complexity index is 525. The van der Waals surface area contributed by atoms with Crippen LogP contribution in [0.4, 0.5) is 13.2 Å². The SMILES string of the molecule is COC(=O)c1c(C#N)ccc(I)c1SC(F)(F)F. The first-order valence-corrected chi connectivity index (χ1v) is 6.26. The molecule has 96 valence electrons. The largest absolute Gasteiger partial charge is 0.465 e. The van der Waals surface area contributed by atoms with Gasteiger partial charge in [-0.3, -0.25) is 0 Å². The number of rotatable bonds is 2. The van der Waals surface area contributed by atoms with Crippen molar-refractivity contribution >= 4 is 40.3 Å². The van der Waals surface area contributed by atoms with E-state index in [-0.39, 0.29) is 19.6 Å². The third kappa shape index (κ3) is 3.52. The number of methoxy groups -OCH3 is 1. The number of carbonyl (C=O) groups excluding carboxylic acids is 1. The fourth-order valence-corrected chi connectivity index (χ4v) is 2.64. The zero-order chi connectivity index (χ0) is 13.9. The molecule has 0 saturated carbocycles. The number of thioether (sulfide) groups is 1. The lowest BCUT2D eigenvalue weighted by molar-refractivity contribution is -0.0328. The first-order chi connectivity index (χ1) is 8.30. The van der Waals surface area contributed by atoms with E-state index in [2.05, 4.69) is 4.74 Å². The Morgan fingerprint density at radius 2 is 2.11 bits per heavy atom. The van der Waals surface area contributed by atoms with Gasteiger partial charge in [-0.2, -0.15) is 18.4 Å². The molecule has 0 spiro atoms. The summed E-state index contributed by atoms with van der Waals surface area (Å²) in [6, 6.07) is 4.31. The van der Waals surface area contributed by atoms with Gasteiger partial charge in [0.15, 0.2) is 0 Å². The average molecular weight is 387 g/mol. The Morgan fingerprint density at radius 1 is 1.50 bits per heavy atom. The molecule has 0 unspecified atom stereocenters. The Hall–Kier alpha value is -0.950. The number of hydrogen-bond donors (Lipinski definition) is 0. The number of alkyl halides is 3. The number of nitrogens with zero attached hydrogens (tertiary/aromatic N) is 1. The molecule has 8 heteroatoms. The lowest BCUT2D eigenvalue weighted by Gasteiger charge is -2.12. The van der Waals surface area contributed by atoms with E-state index in [0.29, 0.717) is 0 Å². The molecule has 0 aliphatic heterocycles. The smallest absolute Gasteiger partial charge is 0.446 e. The van der Waals surface area contributed by atoms with Crippen LogP contribution in [0.15, 0.2) is 17.0 Å². The van der Waals surface area contributed by atoms with Gasteiger partial charge >= 0.3 is 11.5 Å². The van der Waals surface area contributed by atoms with Crippen LogP contribution in [0.5, 0.6) is 0 Å². The molecule has 0 aromatic heterocycles.